The van der Waals surface area contributed by atoms with Crippen LogP contribution in [0.5, 0.6) is 0 Å². The van der Waals surface area contributed by atoms with Crippen LogP contribution in [-0.4, -0.2) is 34.9 Å². The topological polar surface area (TPSA) is 58.6 Å². The van der Waals surface area contributed by atoms with Gasteiger partial charge in [0.05, 0.1) is 23.7 Å². The highest BCUT2D eigenvalue weighted by Gasteiger charge is 2.52. The van der Waals surface area contributed by atoms with Gasteiger partial charge in [-0.1, -0.05) is 48.5 Å². The van der Waals surface area contributed by atoms with E-state index >= 15 is 0 Å². The Balaban J connectivity index is 1.44. The van der Waals surface area contributed by atoms with Gasteiger partial charge in [-0.15, -0.1) is 0 Å². The molecule has 5 heteroatoms. The summed E-state index contributed by atoms with van der Waals surface area (Å²) in [5.74, 6) is -0.384. The van der Waals surface area contributed by atoms with Crippen LogP contribution in [0.3, 0.4) is 0 Å². The van der Waals surface area contributed by atoms with E-state index in [9.17, 15) is 14.3 Å². The van der Waals surface area contributed by atoms with Crippen LogP contribution in [-0.2, 0) is 16.0 Å². The second-order valence-electron chi connectivity index (χ2n) is 9.70. The number of hydrogen-bond acceptors (Lipinski definition) is 3. The SMILES string of the molecule is C[C@]12CC[C@@H](CNC(=O)Cc3ccccc3F)[C@H](O)[C@](C)(C[C@@H](c3ccccc3)C1)O2. The normalized spacial score (nSPS) is 32.8. The van der Waals surface area contributed by atoms with E-state index in [2.05, 4.69) is 36.5 Å². The molecule has 2 saturated heterocycles. The molecule has 4 nitrogen and oxygen atoms in total. The summed E-state index contributed by atoms with van der Waals surface area (Å²) >= 11 is 0. The van der Waals surface area contributed by atoms with Crippen LogP contribution in [0.15, 0.2) is 54.6 Å². The highest BCUT2D eigenvalue weighted by Crippen LogP contribution is 2.50. The maximum atomic E-state index is 13.8. The summed E-state index contributed by atoms with van der Waals surface area (Å²) in [5, 5.41) is 14.2. The van der Waals surface area contributed by atoms with Crippen molar-refractivity contribution in [3.8, 4) is 0 Å². The van der Waals surface area contributed by atoms with E-state index in [1.165, 1.54) is 11.6 Å². The maximum Gasteiger partial charge on any atom is 0.224 e. The van der Waals surface area contributed by atoms with Crippen LogP contribution in [0.4, 0.5) is 4.39 Å². The van der Waals surface area contributed by atoms with Crippen LogP contribution in [0.25, 0.3) is 0 Å². The van der Waals surface area contributed by atoms with Gasteiger partial charge < -0.3 is 15.2 Å². The predicted octanol–water partition coefficient (Wildman–Crippen LogP) is 4.37. The molecule has 0 saturated carbocycles. The molecule has 5 atom stereocenters. The molecule has 1 amide bonds. The van der Waals surface area contributed by atoms with Crippen molar-refractivity contribution in [2.24, 2.45) is 5.92 Å². The van der Waals surface area contributed by atoms with Gasteiger partial charge in [0.2, 0.25) is 5.91 Å². The fraction of sp³-hybridized carbons (Fsp3) is 0.500. The Morgan fingerprint density at radius 2 is 1.84 bits per heavy atom. The minimum atomic E-state index is -0.686. The van der Waals surface area contributed by atoms with E-state index in [0.717, 1.165) is 25.7 Å². The third-order valence-electron chi connectivity index (χ3n) is 7.07. The van der Waals surface area contributed by atoms with E-state index in [4.69, 9.17) is 4.74 Å². The fourth-order valence-electron chi connectivity index (χ4n) is 5.51. The van der Waals surface area contributed by atoms with Gasteiger partial charge in [0.25, 0.3) is 0 Å². The lowest BCUT2D eigenvalue weighted by atomic mass is 9.74. The quantitative estimate of drug-likeness (QED) is 0.748. The average Bonchev–Trinajstić information content (AvgIpc) is 2.81. The molecular formula is C26H32FNO3. The first-order chi connectivity index (χ1) is 14.8. The van der Waals surface area contributed by atoms with Crippen molar-refractivity contribution < 1.29 is 19.0 Å². The van der Waals surface area contributed by atoms with Crippen LogP contribution in [0.1, 0.15) is 56.6 Å². The standard InChI is InChI=1S/C26H32FNO3/c1-25-13-12-20(17-28-23(29)14-19-10-6-7-11-22(19)27)24(30)26(2,31-25)16-21(15-25)18-8-4-3-5-9-18/h3-11,20-21,24,30H,12-17H2,1-2H3,(H,28,29)/t20-,21-,24-,25-,26-/m0/s1. The Bertz CT molecular complexity index is 920. The summed E-state index contributed by atoms with van der Waals surface area (Å²) in [6.45, 7) is 4.51. The number of carbonyl (C=O) groups is 1. The van der Waals surface area contributed by atoms with Crippen LogP contribution >= 0.6 is 0 Å². The first-order valence-electron chi connectivity index (χ1n) is 11.2. The van der Waals surface area contributed by atoms with Gasteiger partial charge in [0.15, 0.2) is 0 Å². The van der Waals surface area contributed by atoms with Crippen molar-refractivity contribution in [2.45, 2.75) is 69.2 Å². The Hall–Kier alpha value is -2.24. The first kappa shape index (κ1) is 22.0. The molecular weight excluding hydrogens is 393 g/mol. The Morgan fingerprint density at radius 1 is 1.13 bits per heavy atom. The molecule has 4 rings (SSSR count). The zero-order valence-electron chi connectivity index (χ0n) is 18.3. The monoisotopic (exact) mass is 425 g/mol. The molecule has 166 valence electrons. The van der Waals surface area contributed by atoms with E-state index < -0.39 is 11.7 Å². The van der Waals surface area contributed by atoms with Gasteiger partial charge >= 0.3 is 0 Å². The van der Waals surface area contributed by atoms with Crippen LogP contribution in [0, 0.1) is 11.7 Å². The lowest BCUT2D eigenvalue weighted by Crippen LogP contribution is -2.54. The van der Waals surface area contributed by atoms with Crippen molar-refractivity contribution in [3.05, 3.63) is 71.5 Å². The van der Waals surface area contributed by atoms with E-state index in [1.807, 2.05) is 13.0 Å². The number of nitrogens with one attached hydrogen (secondary N) is 1. The minimum Gasteiger partial charge on any atom is -0.390 e. The minimum absolute atomic E-state index is 0.00292. The molecule has 2 aromatic carbocycles. The number of ether oxygens (including phenoxy) is 1. The van der Waals surface area contributed by atoms with E-state index in [0.29, 0.717) is 18.0 Å². The van der Waals surface area contributed by atoms with Crippen molar-refractivity contribution in [1.29, 1.82) is 0 Å². The van der Waals surface area contributed by atoms with Gasteiger partial charge in [0, 0.05) is 12.5 Å². The van der Waals surface area contributed by atoms with Gasteiger partial charge in [-0.25, -0.2) is 4.39 Å². The number of hydrogen-bond donors (Lipinski definition) is 2. The van der Waals surface area contributed by atoms with Crippen molar-refractivity contribution in [3.63, 3.8) is 0 Å². The van der Waals surface area contributed by atoms with Gasteiger partial charge in [-0.2, -0.15) is 0 Å². The Kier molecular flexibility index (Phi) is 6.18. The summed E-state index contributed by atoms with van der Waals surface area (Å²) in [6.07, 6.45) is 2.58. The molecule has 2 bridgehead atoms. The molecule has 0 aliphatic carbocycles. The lowest BCUT2D eigenvalue weighted by molar-refractivity contribution is -0.215. The molecule has 2 fully saturated rings. The largest absolute Gasteiger partial charge is 0.390 e. The van der Waals surface area contributed by atoms with Crippen molar-refractivity contribution in [2.75, 3.05) is 6.54 Å². The highest BCUT2D eigenvalue weighted by atomic mass is 19.1. The molecule has 0 spiro atoms. The number of aliphatic hydroxyl groups is 1. The molecule has 0 aromatic heterocycles. The van der Waals surface area contributed by atoms with Gasteiger partial charge in [0.1, 0.15) is 5.82 Å². The van der Waals surface area contributed by atoms with E-state index in [1.54, 1.807) is 18.2 Å². The maximum absolute atomic E-state index is 13.8. The van der Waals surface area contributed by atoms with Crippen LogP contribution < -0.4 is 5.32 Å². The van der Waals surface area contributed by atoms with Crippen LogP contribution in [0.2, 0.25) is 0 Å². The number of benzene rings is 2. The third kappa shape index (κ3) is 4.83. The molecule has 2 N–H and O–H groups in total. The van der Waals surface area contributed by atoms with Crippen molar-refractivity contribution >= 4 is 5.91 Å². The summed E-state index contributed by atoms with van der Waals surface area (Å²) in [6, 6.07) is 16.8. The number of carbonyl (C=O) groups excluding carboxylic acids is 1. The highest BCUT2D eigenvalue weighted by molar-refractivity contribution is 5.78. The molecule has 2 aromatic rings. The smallest absolute Gasteiger partial charge is 0.224 e. The van der Waals surface area contributed by atoms with Gasteiger partial charge in [-0.3, -0.25) is 4.79 Å². The fourth-order valence-corrected chi connectivity index (χ4v) is 5.51. The summed E-state index contributed by atoms with van der Waals surface area (Å²) in [4.78, 5) is 12.4. The molecule has 0 radical (unpaired) electrons. The number of fused-ring (bicyclic) bond motifs is 2. The first-order valence-corrected chi connectivity index (χ1v) is 11.2. The zero-order chi connectivity index (χ0) is 22.1. The Morgan fingerprint density at radius 3 is 2.58 bits per heavy atom. The zero-order valence-corrected chi connectivity index (χ0v) is 18.3. The second kappa shape index (κ2) is 8.71. The molecule has 31 heavy (non-hydrogen) atoms. The van der Waals surface area contributed by atoms with Crippen molar-refractivity contribution in [1.82, 2.24) is 5.32 Å². The van der Waals surface area contributed by atoms with E-state index in [-0.39, 0.29) is 29.7 Å². The molecule has 2 aliphatic rings. The Labute approximate surface area is 183 Å². The third-order valence-corrected chi connectivity index (χ3v) is 7.07. The summed E-state index contributed by atoms with van der Waals surface area (Å²) < 4.78 is 20.4. The number of halogens is 1. The molecule has 0 unspecified atom stereocenters. The molecule has 2 aliphatic heterocycles. The number of rotatable bonds is 5. The number of aliphatic hydroxyl groups excluding tert-OH is 1. The predicted molar refractivity (Wildman–Crippen MR) is 118 cm³/mol. The summed E-state index contributed by atoms with van der Waals surface area (Å²) in [5.41, 5.74) is 0.684. The molecule has 2 heterocycles. The summed E-state index contributed by atoms with van der Waals surface area (Å²) in [7, 11) is 0. The lowest BCUT2D eigenvalue weighted by Gasteiger charge is -2.49. The average molecular weight is 426 g/mol. The second-order valence-corrected chi connectivity index (χ2v) is 9.70. The number of amides is 1. The van der Waals surface area contributed by atoms with Gasteiger partial charge in [-0.05, 0) is 62.6 Å².